The van der Waals surface area contributed by atoms with Gasteiger partial charge in [-0.15, -0.1) is 0 Å². The summed E-state index contributed by atoms with van der Waals surface area (Å²) in [7, 11) is 0. The zero-order valence-electron chi connectivity index (χ0n) is 7.71. The fourth-order valence-electron chi connectivity index (χ4n) is 0.900. The maximum atomic E-state index is 11.0. The number of ether oxygens (including phenoxy) is 2. The zero-order chi connectivity index (χ0) is 8.97. The van der Waals surface area contributed by atoms with Crippen molar-refractivity contribution in [2.45, 2.75) is 51.7 Å². The number of hydrogen-bond acceptors (Lipinski definition) is 3. The lowest BCUT2D eigenvalue weighted by molar-refractivity contribution is -0.0201. The molecule has 1 aliphatic rings. The van der Waals surface area contributed by atoms with Crippen LogP contribution in [0.4, 0.5) is 4.79 Å². The quantitative estimate of drug-likeness (QED) is 0.613. The predicted molar refractivity (Wildman–Crippen MR) is 45.0 cm³/mol. The van der Waals surface area contributed by atoms with E-state index in [9.17, 15) is 4.79 Å². The Morgan fingerprint density at radius 2 is 2.25 bits per heavy atom. The van der Waals surface area contributed by atoms with Crippen LogP contribution >= 0.6 is 0 Å². The molecule has 0 aromatic heterocycles. The van der Waals surface area contributed by atoms with Crippen molar-refractivity contribution >= 4 is 6.16 Å². The van der Waals surface area contributed by atoms with Crippen LogP contribution in [0.1, 0.15) is 39.5 Å². The molecule has 0 aliphatic heterocycles. The number of hydrogen-bond donors (Lipinski definition) is 0. The van der Waals surface area contributed by atoms with E-state index in [1.54, 1.807) is 0 Å². The van der Waals surface area contributed by atoms with Crippen LogP contribution in [-0.2, 0) is 9.47 Å². The zero-order valence-corrected chi connectivity index (χ0v) is 7.71. The highest BCUT2D eigenvalue weighted by Gasteiger charge is 2.22. The Bertz CT molecular complexity index is 143. The molecule has 70 valence electrons. The molecule has 0 unspecified atom stereocenters. The largest absolute Gasteiger partial charge is 0.508 e. The maximum absolute atomic E-state index is 11.0. The summed E-state index contributed by atoms with van der Waals surface area (Å²) in [6.45, 7) is 3.84. The van der Waals surface area contributed by atoms with Gasteiger partial charge in [0.15, 0.2) is 0 Å². The molecule has 0 saturated heterocycles. The van der Waals surface area contributed by atoms with Gasteiger partial charge in [-0.05, 0) is 32.6 Å². The van der Waals surface area contributed by atoms with Crippen LogP contribution in [0.15, 0.2) is 0 Å². The standard InChI is InChI=1S/C9H16O3/c1-3-7(2)11-9(10)12-8-5-4-6-8/h7-8H,3-6H2,1-2H3/t7-/m0/s1. The second-order valence-electron chi connectivity index (χ2n) is 3.26. The summed E-state index contributed by atoms with van der Waals surface area (Å²) >= 11 is 0. The molecule has 1 saturated carbocycles. The highest BCUT2D eigenvalue weighted by Crippen LogP contribution is 2.22. The van der Waals surface area contributed by atoms with Gasteiger partial charge >= 0.3 is 6.16 Å². The van der Waals surface area contributed by atoms with Crippen molar-refractivity contribution in [3.05, 3.63) is 0 Å². The molecule has 0 aromatic rings. The van der Waals surface area contributed by atoms with Crippen molar-refractivity contribution in [1.82, 2.24) is 0 Å². The second-order valence-corrected chi connectivity index (χ2v) is 3.26. The number of rotatable bonds is 3. The summed E-state index contributed by atoms with van der Waals surface area (Å²) in [5.41, 5.74) is 0. The first-order valence-corrected chi connectivity index (χ1v) is 4.59. The Morgan fingerprint density at radius 3 is 2.67 bits per heavy atom. The van der Waals surface area contributed by atoms with Crippen LogP contribution in [-0.4, -0.2) is 18.4 Å². The summed E-state index contributed by atoms with van der Waals surface area (Å²) in [6.07, 6.45) is 3.58. The van der Waals surface area contributed by atoms with Gasteiger partial charge in [-0.25, -0.2) is 4.79 Å². The van der Waals surface area contributed by atoms with E-state index in [1.165, 1.54) is 6.42 Å². The Balaban J connectivity index is 2.10. The van der Waals surface area contributed by atoms with E-state index in [0.29, 0.717) is 0 Å². The van der Waals surface area contributed by atoms with E-state index < -0.39 is 6.16 Å². The molecule has 1 fully saturated rings. The first-order valence-electron chi connectivity index (χ1n) is 4.59. The molecule has 0 radical (unpaired) electrons. The lowest BCUT2D eigenvalue weighted by Crippen LogP contribution is -2.27. The lowest BCUT2D eigenvalue weighted by Gasteiger charge is -2.25. The van der Waals surface area contributed by atoms with Crippen LogP contribution in [0.5, 0.6) is 0 Å². The van der Waals surface area contributed by atoms with Crippen LogP contribution in [0.2, 0.25) is 0 Å². The van der Waals surface area contributed by atoms with Gasteiger partial charge < -0.3 is 9.47 Å². The molecule has 0 spiro atoms. The van der Waals surface area contributed by atoms with Crippen molar-refractivity contribution in [3.8, 4) is 0 Å². The van der Waals surface area contributed by atoms with Gasteiger partial charge in [0, 0.05) is 0 Å². The van der Waals surface area contributed by atoms with Crippen molar-refractivity contribution in [1.29, 1.82) is 0 Å². The molecule has 0 amide bonds. The van der Waals surface area contributed by atoms with Crippen LogP contribution in [0.25, 0.3) is 0 Å². The van der Waals surface area contributed by atoms with Gasteiger partial charge in [-0.3, -0.25) is 0 Å². The maximum Gasteiger partial charge on any atom is 0.508 e. The second kappa shape index (κ2) is 4.33. The van der Waals surface area contributed by atoms with Crippen molar-refractivity contribution in [2.24, 2.45) is 0 Å². The highest BCUT2D eigenvalue weighted by atomic mass is 16.7. The third-order valence-corrected chi connectivity index (χ3v) is 2.19. The molecule has 3 nitrogen and oxygen atoms in total. The average Bonchev–Trinajstić information content (AvgIpc) is 1.97. The average molecular weight is 172 g/mol. The molecule has 0 N–H and O–H groups in total. The smallest absolute Gasteiger partial charge is 0.431 e. The first kappa shape index (κ1) is 9.36. The van der Waals surface area contributed by atoms with Crippen LogP contribution in [0.3, 0.4) is 0 Å². The van der Waals surface area contributed by atoms with Crippen molar-refractivity contribution in [2.75, 3.05) is 0 Å². The summed E-state index contributed by atoms with van der Waals surface area (Å²) < 4.78 is 9.94. The fourth-order valence-corrected chi connectivity index (χ4v) is 0.900. The van der Waals surface area contributed by atoms with Crippen molar-refractivity contribution in [3.63, 3.8) is 0 Å². The summed E-state index contributed by atoms with van der Waals surface area (Å²) in [5.74, 6) is 0. The Hall–Kier alpha value is -0.730. The van der Waals surface area contributed by atoms with E-state index in [0.717, 1.165) is 19.3 Å². The lowest BCUT2D eigenvalue weighted by atomic mass is 9.96. The first-order chi connectivity index (χ1) is 5.72. The van der Waals surface area contributed by atoms with Crippen LogP contribution in [0, 0.1) is 0 Å². The number of carbonyl (C=O) groups excluding carboxylic acids is 1. The van der Waals surface area contributed by atoms with E-state index >= 15 is 0 Å². The minimum Gasteiger partial charge on any atom is -0.431 e. The van der Waals surface area contributed by atoms with Crippen molar-refractivity contribution < 1.29 is 14.3 Å². The molecule has 1 atom stereocenters. The van der Waals surface area contributed by atoms with Gasteiger partial charge in [0.05, 0.1) is 0 Å². The predicted octanol–water partition coefficient (Wildman–Crippen LogP) is 2.49. The normalized spacial score (nSPS) is 19.5. The molecule has 12 heavy (non-hydrogen) atoms. The monoisotopic (exact) mass is 172 g/mol. The summed E-state index contributed by atoms with van der Waals surface area (Å²) in [5, 5.41) is 0. The molecule has 1 rings (SSSR count). The highest BCUT2D eigenvalue weighted by molar-refractivity contribution is 5.60. The van der Waals surface area contributed by atoms with Gasteiger partial charge in [-0.1, -0.05) is 6.92 Å². The van der Waals surface area contributed by atoms with E-state index in [4.69, 9.17) is 9.47 Å². The van der Waals surface area contributed by atoms with Crippen LogP contribution < -0.4 is 0 Å². The third kappa shape index (κ3) is 2.72. The van der Waals surface area contributed by atoms with Gasteiger partial charge in [-0.2, -0.15) is 0 Å². The van der Waals surface area contributed by atoms with E-state index in [2.05, 4.69) is 0 Å². The SMILES string of the molecule is CC[C@H](C)OC(=O)OC1CCC1. The number of carbonyl (C=O) groups is 1. The third-order valence-electron chi connectivity index (χ3n) is 2.19. The van der Waals surface area contributed by atoms with E-state index in [-0.39, 0.29) is 12.2 Å². The minimum absolute atomic E-state index is 0.0300. The molecule has 1 aliphatic carbocycles. The molecular formula is C9H16O3. The topological polar surface area (TPSA) is 35.5 Å². The van der Waals surface area contributed by atoms with E-state index in [1.807, 2.05) is 13.8 Å². The summed E-state index contributed by atoms with van der Waals surface area (Å²) in [4.78, 5) is 11.0. The summed E-state index contributed by atoms with van der Waals surface area (Å²) in [6, 6.07) is 0. The van der Waals surface area contributed by atoms with Gasteiger partial charge in [0.25, 0.3) is 0 Å². The minimum atomic E-state index is -0.506. The van der Waals surface area contributed by atoms with Gasteiger partial charge in [0.1, 0.15) is 12.2 Å². The Morgan fingerprint density at radius 1 is 1.58 bits per heavy atom. The molecular weight excluding hydrogens is 156 g/mol. The van der Waals surface area contributed by atoms with Gasteiger partial charge in [0.2, 0.25) is 0 Å². The Labute approximate surface area is 73.0 Å². The Kier molecular flexibility index (Phi) is 3.38. The molecule has 0 bridgehead atoms. The molecule has 3 heteroatoms. The fraction of sp³-hybridized carbons (Fsp3) is 0.889. The molecule has 0 aromatic carbocycles. The molecule has 0 heterocycles.